The fraction of sp³-hybridized carbons (Fsp3) is 0.182. The van der Waals surface area contributed by atoms with Crippen molar-refractivity contribution in [1.82, 2.24) is 14.6 Å². The number of aryl methyl sites for hydroxylation is 1. The van der Waals surface area contributed by atoms with Crippen LogP contribution in [0, 0.1) is 0 Å². The molecule has 202 valence electrons. The molecule has 7 nitrogen and oxygen atoms in total. The second kappa shape index (κ2) is 12.3. The van der Waals surface area contributed by atoms with Crippen LogP contribution in [0.15, 0.2) is 121 Å². The first-order chi connectivity index (χ1) is 19.6. The lowest BCUT2D eigenvalue weighted by Crippen LogP contribution is -2.55. The summed E-state index contributed by atoms with van der Waals surface area (Å²) < 4.78 is 7.85. The summed E-state index contributed by atoms with van der Waals surface area (Å²) in [5.41, 5.74) is 3.92. The van der Waals surface area contributed by atoms with E-state index in [1.54, 1.807) is 28.0 Å². The van der Waals surface area contributed by atoms with E-state index in [0.717, 1.165) is 35.1 Å². The van der Waals surface area contributed by atoms with Crippen molar-refractivity contribution in [3.05, 3.63) is 155 Å². The molecule has 1 atom stereocenters. The molecule has 1 amide bonds. The minimum absolute atomic E-state index is 0.0278. The number of rotatable bonds is 11. The molecule has 0 N–H and O–H groups in total. The largest absolute Gasteiger partial charge is 0.482 e. The SMILES string of the molecule is C=CCCc1ccncc1C(c1ccccc1)N1CN(CC=C)C(=O)c2c(OCc3ccccc3)c(=O)ccn21. The summed E-state index contributed by atoms with van der Waals surface area (Å²) in [6, 6.07) is 22.9. The number of hydrogen-bond donors (Lipinski definition) is 0. The Morgan fingerprint density at radius 3 is 2.42 bits per heavy atom. The van der Waals surface area contributed by atoms with Gasteiger partial charge in [0, 0.05) is 36.8 Å². The summed E-state index contributed by atoms with van der Waals surface area (Å²) in [6.07, 6.45) is 10.6. The van der Waals surface area contributed by atoms with Crippen LogP contribution in [0.1, 0.15) is 45.2 Å². The molecular weight excluding hydrogens is 500 g/mol. The molecule has 7 heteroatoms. The van der Waals surface area contributed by atoms with Crippen molar-refractivity contribution < 1.29 is 9.53 Å². The smallest absolute Gasteiger partial charge is 0.278 e. The highest BCUT2D eigenvalue weighted by molar-refractivity contribution is 5.96. The molecule has 0 bridgehead atoms. The summed E-state index contributed by atoms with van der Waals surface area (Å²) in [5, 5.41) is 2.08. The standard InChI is InChI=1S/C33H32N4O3/c1-3-5-14-26-17-19-34-22-28(26)30(27-15-10-7-11-16-27)37-24-35(20-4-2)33(39)31-32(29(38)18-21-36(31)37)40-23-25-12-8-6-9-13-25/h3-4,6-13,15-19,21-22,30H,1-2,5,14,20,23-24H2. The highest BCUT2D eigenvalue weighted by Gasteiger charge is 2.37. The third kappa shape index (κ3) is 5.45. The van der Waals surface area contributed by atoms with Crippen molar-refractivity contribution in [3.8, 4) is 5.75 Å². The van der Waals surface area contributed by atoms with E-state index >= 15 is 0 Å². The normalized spacial score (nSPS) is 13.4. The molecule has 2 aromatic heterocycles. The van der Waals surface area contributed by atoms with Crippen LogP contribution >= 0.6 is 0 Å². The minimum atomic E-state index is -0.347. The van der Waals surface area contributed by atoms with Crippen LogP contribution < -0.4 is 15.2 Å². The van der Waals surface area contributed by atoms with Crippen molar-refractivity contribution in [2.75, 3.05) is 18.2 Å². The lowest BCUT2D eigenvalue weighted by atomic mass is 9.93. The second-order valence-corrected chi connectivity index (χ2v) is 9.59. The number of hydrogen-bond acceptors (Lipinski definition) is 5. The number of pyridine rings is 2. The fourth-order valence-electron chi connectivity index (χ4n) is 5.06. The van der Waals surface area contributed by atoms with Gasteiger partial charge >= 0.3 is 0 Å². The van der Waals surface area contributed by atoms with Crippen LogP contribution in [0.3, 0.4) is 0 Å². The molecule has 5 rings (SSSR count). The number of amides is 1. The van der Waals surface area contributed by atoms with Gasteiger partial charge in [-0.1, -0.05) is 72.8 Å². The molecule has 0 spiro atoms. The predicted octanol–water partition coefficient (Wildman–Crippen LogP) is 5.27. The molecule has 1 unspecified atom stereocenters. The van der Waals surface area contributed by atoms with Gasteiger partial charge in [0.1, 0.15) is 13.3 Å². The lowest BCUT2D eigenvalue weighted by molar-refractivity contribution is 0.0698. The van der Waals surface area contributed by atoms with Gasteiger partial charge in [0.05, 0.1) is 6.04 Å². The van der Waals surface area contributed by atoms with Crippen molar-refractivity contribution >= 4 is 5.91 Å². The Morgan fingerprint density at radius 2 is 1.70 bits per heavy atom. The van der Waals surface area contributed by atoms with Gasteiger partial charge in [-0.2, -0.15) is 0 Å². The summed E-state index contributed by atoms with van der Waals surface area (Å²) in [6.45, 7) is 8.51. The van der Waals surface area contributed by atoms with E-state index in [2.05, 4.69) is 35.3 Å². The van der Waals surface area contributed by atoms with E-state index in [9.17, 15) is 9.59 Å². The number of benzene rings is 2. The van der Waals surface area contributed by atoms with E-state index < -0.39 is 0 Å². The molecule has 0 saturated carbocycles. The number of nitrogens with zero attached hydrogens (tertiary/aromatic N) is 4. The molecule has 0 fully saturated rings. The third-order valence-electron chi connectivity index (χ3n) is 6.96. The highest BCUT2D eigenvalue weighted by atomic mass is 16.5. The molecule has 3 heterocycles. The first-order valence-corrected chi connectivity index (χ1v) is 13.3. The Hall–Kier alpha value is -4.91. The van der Waals surface area contributed by atoms with E-state index in [1.807, 2.05) is 66.9 Å². The number of carbonyl (C=O) groups excluding carboxylic acids is 1. The van der Waals surface area contributed by atoms with Crippen molar-refractivity contribution in [2.24, 2.45) is 0 Å². The maximum Gasteiger partial charge on any atom is 0.278 e. The predicted molar refractivity (Wildman–Crippen MR) is 157 cm³/mol. The molecule has 2 aromatic carbocycles. The monoisotopic (exact) mass is 532 g/mol. The van der Waals surface area contributed by atoms with Crippen LogP contribution in [0.5, 0.6) is 5.75 Å². The maximum atomic E-state index is 13.8. The van der Waals surface area contributed by atoms with Gasteiger partial charge in [0.25, 0.3) is 5.91 Å². The molecule has 0 saturated heterocycles. The number of aromatic nitrogens is 2. The Bertz CT molecular complexity index is 1550. The average molecular weight is 533 g/mol. The summed E-state index contributed by atoms with van der Waals surface area (Å²) in [7, 11) is 0. The number of ether oxygens (including phenoxy) is 1. The Labute approximate surface area is 234 Å². The number of fused-ring (bicyclic) bond motifs is 1. The molecule has 0 radical (unpaired) electrons. The van der Waals surface area contributed by atoms with Gasteiger partial charge in [-0.25, -0.2) is 0 Å². The maximum absolute atomic E-state index is 13.8. The zero-order chi connectivity index (χ0) is 27.9. The van der Waals surface area contributed by atoms with E-state index in [1.165, 1.54) is 6.07 Å². The average Bonchev–Trinajstić information content (AvgIpc) is 2.99. The second-order valence-electron chi connectivity index (χ2n) is 9.59. The fourth-order valence-corrected chi connectivity index (χ4v) is 5.06. The molecule has 4 aromatic rings. The summed E-state index contributed by atoms with van der Waals surface area (Å²) in [5.74, 6) is -0.262. The van der Waals surface area contributed by atoms with Gasteiger partial charge in [-0.15, -0.1) is 13.2 Å². The van der Waals surface area contributed by atoms with Gasteiger partial charge < -0.3 is 9.64 Å². The van der Waals surface area contributed by atoms with E-state index in [-0.39, 0.29) is 42.1 Å². The third-order valence-corrected chi connectivity index (χ3v) is 6.96. The van der Waals surface area contributed by atoms with Crippen LogP contribution in [0.25, 0.3) is 0 Å². The van der Waals surface area contributed by atoms with E-state index in [0.29, 0.717) is 6.54 Å². The Balaban J connectivity index is 1.68. The van der Waals surface area contributed by atoms with Crippen LogP contribution in [0.4, 0.5) is 0 Å². The lowest BCUT2D eigenvalue weighted by Gasteiger charge is -2.44. The summed E-state index contributed by atoms with van der Waals surface area (Å²) >= 11 is 0. The van der Waals surface area contributed by atoms with Crippen molar-refractivity contribution in [1.29, 1.82) is 0 Å². The van der Waals surface area contributed by atoms with Gasteiger partial charge in [-0.05, 0) is 35.6 Å². The minimum Gasteiger partial charge on any atom is -0.482 e. The molecule has 0 aliphatic carbocycles. The van der Waals surface area contributed by atoms with E-state index in [4.69, 9.17) is 4.74 Å². The highest BCUT2D eigenvalue weighted by Crippen LogP contribution is 2.34. The Morgan fingerprint density at radius 1 is 0.950 bits per heavy atom. The van der Waals surface area contributed by atoms with Crippen LogP contribution in [-0.2, 0) is 13.0 Å². The summed E-state index contributed by atoms with van der Waals surface area (Å²) in [4.78, 5) is 33.1. The first kappa shape index (κ1) is 26.7. The quantitative estimate of drug-likeness (QED) is 0.246. The van der Waals surface area contributed by atoms with Gasteiger partial charge in [0.15, 0.2) is 11.4 Å². The molecule has 1 aliphatic rings. The molecular formula is C33H32N4O3. The molecule has 1 aliphatic heterocycles. The van der Waals surface area contributed by atoms with Crippen molar-refractivity contribution in [3.63, 3.8) is 0 Å². The molecule has 40 heavy (non-hydrogen) atoms. The Kier molecular flexibility index (Phi) is 8.21. The zero-order valence-electron chi connectivity index (χ0n) is 22.4. The number of allylic oxidation sites excluding steroid dienone is 1. The van der Waals surface area contributed by atoms with Gasteiger partial charge in [0.2, 0.25) is 5.43 Å². The topological polar surface area (TPSA) is 67.7 Å². The van der Waals surface area contributed by atoms with Crippen molar-refractivity contribution in [2.45, 2.75) is 25.5 Å². The zero-order valence-corrected chi connectivity index (χ0v) is 22.4. The number of carbonyl (C=O) groups is 1. The first-order valence-electron chi connectivity index (χ1n) is 13.3. The van der Waals surface area contributed by atoms with Crippen LogP contribution in [-0.4, -0.2) is 33.7 Å². The van der Waals surface area contributed by atoms with Gasteiger partial charge in [-0.3, -0.25) is 24.3 Å². The van der Waals surface area contributed by atoms with Crippen LogP contribution in [0.2, 0.25) is 0 Å².